The molecule has 0 N–H and O–H groups in total. The Labute approximate surface area is 165 Å². The van der Waals surface area contributed by atoms with Gasteiger partial charge in [-0.25, -0.2) is 14.6 Å². The Balaban J connectivity index is 1.43. The van der Waals surface area contributed by atoms with E-state index in [1.165, 1.54) is 0 Å². The quantitative estimate of drug-likeness (QED) is 0.690. The number of aryl methyl sites for hydroxylation is 2. The first-order chi connectivity index (χ1) is 13.5. The van der Waals surface area contributed by atoms with Crippen molar-refractivity contribution in [3.8, 4) is 5.82 Å². The fourth-order valence-corrected chi connectivity index (χ4v) is 3.31. The molecule has 3 aromatic heterocycles. The van der Waals surface area contributed by atoms with E-state index < -0.39 is 0 Å². The van der Waals surface area contributed by atoms with Gasteiger partial charge in [0.2, 0.25) is 0 Å². The van der Waals surface area contributed by atoms with E-state index >= 15 is 0 Å². The normalized spacial score (nSPS) is 14.8. The summed E-state index contributed by atoms with van der Waals surface area (Å²) in [5, 5.41) is 13.1. The van der Waals surface area contributed by atoms with Crippen molar-refractivity contribution in [2.45, 2.75) is 33.6 Å². The number of nitrogens with zero attached hydrogens (tertiary/aromatic N) is 8. The second-order valence-corrected chi connectivity index (χ2v) is 7.51. The highest BCUT2D eigenvalue weighted by Crippen LogP contribution is 2.20. The molecule has 0 amide bonds. The van der Waals surface area contributed by atoms with Crippen LogP contribution < -0.4 is 9.80 Å². The van der Waals surface area contributed by atoms with Crippen LogP contribution in [0.4, 0.5) is 11.6 Å². The molecule has 0 spiro atoms. The lowest BCUT2D eigenvalue weighted by Gasteiger charge is -2.36. The van der Waals surface area contributed by atoms with Crippen molar-refractivity contribution in [2.24, 2.45) is 0 Å². The van der Waals surface area contributed by atoms with Crippen LogP contribution in [0.3, 0.4) is 0 Å². The van der Waals surface area contributed by atoms with Crippen molar-refractivity contribution in [3.05, 3.63) is 47.7 Å². The zero-order chi connectivity index (χ0) is 19.7. The Kier molecular flexibility index (Phi) is 4.93. The molecule has 0 saturated carbocycles. The van der Waals surface area contributed by atoms with Gasteiger partial charge in [-0.05, 0) is 32.0 Å². The molecular formula is C20H26N8. The van der Waals surface area contributed by atoms with Crippen LogP contribution in [0.25, 0.3) is 5.82 Å². The van der Waals surface area contributed by atoms with Gasteiger partial charge in [0.05, 0.1) is 5.69 Å². The Morgan fingerprint density at radius 2 is 1.43 bits per heavy atom. The second-order valence-electron chi connectivity index (χ2n) is 7.51. The van der Waals surface area contributed by atoms with Gasteiger partial charge in [-0.2, -0.15) is 5.10 Å². The van der Waals surface area contributed by atoms with Crippen LogP contribution in [0, 0.1) is 13.8 Å². The molecule has 0 unspecified atom stereocenters. The number of piperazine rings is 1. The van der Waals surface area contributed by atoms with Gasteiger partial charge in [-0.15, -0.1) is 10.2 Å². The molecule has 0 aliphatic carbocycles. The standard InChI is InChI=1S/C20H26N8/c1-14(2)20-21-16(4)13-19(22-20)27-11-9-26(10-12-27)17-5-6-18(24-23-17)28-8-7-15(3)25-28/h5-8,13-14H,9-12H2,1-4H3. The van der Waals surface area contributed by atoms with E-state index in [4.69, 9.17) is 4.98 Å². The van der Waals surface area contributed by atoms with E-state index in [9.17, 15) is 0 Å². The molecule has 146 valence electrons. The maximum absolute atomic E-state index is 4.76. The fourth-order valence-electron chi connectivity index (χ4n) is 3.31. The topological polar surface area (TPSA) is 75.9 Å². The highest BCUT2D eigenvalue weighted by atomic mass is 15.4. The Bertz CT molecular complexity index is 939. The number of anilines is 2. The van der Waals surface area contributed by atoms with Gasteiger partial charge in [0.25, 0.3) is 0 Å². The lowest BCUT2D eigenvalue weighted by molar-refractivity contribution is 0.631. The summed E-state index contributed by atoms with van der Waals surface area (Å²) >= 11 is 0. The van der Waals surface area contributed by atoms with E-state index in [-0.39, 0.29) is 0 Å². The van der Waals surface area contributed by atoms with Gasteiger partial charge in [0.1, 0.15) is 11.6 Å². The highest BCUT2D eigenvalue weighted by molar-refractivity contribution is 5.46. The van der Waals surface area contributed by atoms with E-state index in [0.29, 0.717) is 5.92 Å². The average molecular weight is 378 g/mol. The monoisotopic (exact) mass is 378 g/mol. The van der Waals surface area contributed by atoms with Crippen LogP contribution in [0.15, 0.2) is 30.5 Å². The minimum absolute atomic E-state index is 0.326. The van der Waals surface area contributed by atoms with Gasteiger partial charge in [0.15, 0.2) is 11.6 Å². The average Bonchev–Trinajstić information content (AvgIpc) is 3.14. The van der Waals surface area contributed by atoms with Crippen molar-refractivity contribution < 1.29 is 0 Å². The van der Waals surface area contributed by atoms with Crippen LogP contribution in [0.5, 0.6) is 0 Å². The minimum Gasteiger partial charge on any atom is -0.353 e. The van der Waals surface area contributed by atoms with E-state index in [0.717, 1.165) is 60.8 Å². The molecule has 0 aromatic carbocycles. The minimum atomic E-state index is 0.326. The van der Waals surface area contributed by atoms with Crippen LogP contribution in [0.2, 0.25) is 0 Å². The predicted octanol–water partition coefficient (Wildman–Crippen LogP) is 2.52. The summed E-state index contributed by atoms with van der Waals surface area (Å²) in [6, 6.07) is 8.00. The second kappa shape index (κ2) is 7.53. The summed E-state index contributed by atoms with van der Waals surface area (Å²) in [5.74, 6) is 3.88. The Morgan fingerprint density at radius 1 is 0.786 bits per heavy atom. The van der Waals surface area contributed by atoms with Gasteiger partial charge < -0.3 is 9.80 Å². The van der Waals surface area contributed by atoms with Gasteiger partial charge >= 0.3 is 0 Å². The molecule has 8 heteroatoms. The third kappa shape index (κ3) is 3.81. The summed E-state index contributed by atoms with van der Waals surface area (Å²) in [6.07, 6.45) is 1.90. The number of hydrogen-bond donors (Lipinski definition) is 0. The lowest BCUT2D eigenvalue weighted by atomic mass is 10.2. The first kappa shape index (κ1) is 18.3. The van der Waals surface area contributed by atoms with Crippen molar-refractivity contribution in [2.75, 3.05) is 36.0 Å². The largest absolute Gasteiger partial charge is 0.353 e. The molecule has 1 aliphatic rings. The summed E-state index contributed by atoms with van der Waals surface area (Å²) < 4.78 is 1.74. The Morgan fingerprint density at radius 3 is 2.00 bits per heavy atom. The molecule has 8 nitrogen and oxygen atoms in total. The Hall–Kier alpha value is -3.03. The third-order valence-corrected chi connectivity index (χ3v) is 4.90. The maximum atomic E-state index is 4.76. The molecule has 0 bridgehead atoms. The fraction of sp³-hybridized carbons (Fsp3) is 0.450. The molecule has 4 rings (SSSR count). The van der Waals surface area contributed by atoms with E-state index in [1.807, 2.05) is 38.2 Å². The predicted molar refractivity (Wildman–Crippen MR) is 109 cm³/mol. The number of rotatable bonds is 4. The van der Waals surface area contributed by atoms with Crippen LogP contribution >= 0.6 is 0 Å². The van der Waals surface area contributed by atoms with Crippen molar-refractivity contribution in [1.82, 2.24) is 29.9 Å². The summed E-state index contributed by atoms with van der Waals surface area (Å²) in [6.45, 7) is 11.8. The number of aromatic nitrogens is 6. The molecule has 4 heterocycles. The van der Waals surface area contributed by atoms with E-state index in [2.05, 4.69) is 50.0 Å². The zero-order valence-corrected chi connectivity index (χ0v) is 16.9. The van der Waals surface area contributed by atoms with Gasteiger partial charge in [-0.1, -0.05) is 13.8 Å². The van der Waals surface area contributed by atoms with Crippen LogP contribution in [-0.2, 0) is 0 Å². The SMILES string of the molecule is Cc1cc(N2CCN(c3ccc(-n4ccc(C)n4)nn3)CC2)nc(C(C)C)n1. The molecule has 1 saturated heterocycles. The summed E-state index contributed by atoms with van der Waals surface area (Å²) in [5.41, 5.74) is 1.98. The molecule has 0 atom stereocenters. The molecule has 1 fully saturated rings. The first-order valence-electron chi connectivity index (χ1n) is 9.71. The molecule has 0 radical (unpaired) electrons. The van der Waals surface area contributed by atoms with Crippen molar-refractivity contribution in [1.29, 1.82) is 0 Å². The lowest BCUT2D eigenvalue weighted by Crippen LogP contribution is -2.47. The van der Waals surface area contributed by atoms with Crippen LogP contribution in [-0.4, -0.2) is 56.1 Å². The smallest absolute Gasteiger partial charge is 0.175 e. The first-order valence-corrected chi connectivity index (χ1v) is 9.71. The third-order valence-electron chi connectivity index (χ3n) is 4.90. The maximum Gasteiger partial charge on any atom is 0.175 e. The van der Waals surface area contributed by atoms with Gasteiger partial charge in [0, 0.05) is 50.1 Å². The van der Waals surface area contributed by atoms with E-state index in [1.54, 1.807) is 4.68 Å². The van der Waals surface area contributed by atoms with Gasteiger partial charge in [-0.3, -0.25) is 0 Å². The molecule has 1 aliphatic heterocycles. The van der Waals surface area contributed by atoms with Crippen LogP contribution in [0.1, 0.15) is 37.0 Å². The van der Waals surface area contributed by atoms with Crippen molar-refractivity contribution >= 4 is 11.6 Å². The molecule has 28 heavy (non-hydrogen) atoms. The molecular weight excluding hydrogens is 352 g/mol. The molecule has 3 aromatic rings. The van der Waals surface area contributed by atoms with Crippen molar-refractivity contribution in [3.63, 3.8) is 0 Å². The summed E-state index contributed by atoms with van der Waals surface area (Å²) in [7, 11) is 0. The highest BCUT2D eigenvalue weighted by Gasteiger charge is 2.20. The number of hydrogen-bond acceptors (Lipinski definition) is 7. The zero-order valence-electron chi connectivity index (χ0n) is 16.9. The summed E-state index contributed by atoms with van der Waals surface area (Å²) in [4.78, 5) is 13.9.